The summed E-state index contributed by atoms with van der Waals surface area (Å²) in [5.74, 6) is -0.277. The molecule has 2 amide bonds. The van der Waals surface area contributed by atoms with Gasteiger partial charge in [-0.15, -0.1) is 0 Å². The van der Waals surface area contributed by atoms with Crippen LogP contribution in [0.15, 0.2) is 22.7 Å². The molecule has 90 valence electrons. The average molecular weight is 299 g/mol. The van der Waals surface area contributed by atoms with Gasteiger partial charge in [-0.1, -0.05) is 15.9 Å². The number of hydrogen-bond acceptors (Lipinski definition) is 3. The summed E-state index contributed by atoms with van der Waals surface area (Å²) in [6.07, 6.45) is -0.558. The zero-order chi connectivity index (χ0) is 12.4. The summed E-state index contributed by atoms with van der Waals surface area (Å²) in [5.41, 5.74) is 1.66. The maximum atomic E-state index is 11.8. The Bertz CT molecular complexity index is 476. The summed E-state index contributed by atoms with van der Waals surface area (Å²) in [6.45, 7) is 1.96. The molecule has 1 heterocycles. The van der Waals surface area contributed by atoms with Crippen LogP contribution in [-0.4, -0.2) is 24.6 Å². The van der Waals surface area contributed by atoms with E-state index >= 15 is 0 Å². The second-order valence-corrected chi connectivity index (χ2v) is 4.66. The van der Waals surface area contributed by atoms with Gasteiger partial charge in [0.15, 0.2) is 0 Å². The lowest BCUT2D eigenvalue weighted by Crippen LogP contribution is -2.38. The minimum Gasteiger partial charge on any atom is -0.447 e. The van der Waals surface area contributed by atoms with Gasteiger partial charge >= 0.3 is 6.09 Å². The van der Waals surface area contributed by atoms with Crippen LogP contribution in [0.3, 0.4) is 0 Å². The average Bonchev–Trinajstić information content (AvgIpc) is 2.69. The third-order valence-electron chi connectivity index (χ3n) is 2.44. The van der Waals surface area contributed by atoms with Crippen LogP contribution in [0, 0.1) is 6.92 Å². The third-order valence-corrected chi connectivity index (χ3v) is 2.93. The number of cyclic esters (lactones) is 1. The van der Waals surface area contributed by atoms with Crippen LogP contribution in [-0.2, 0) is 9.53 Å². The van der Waals surface area contributed by atoms with Crippen molar-refractivity contribution in [3.63, 3.8) is 0 Å². The van der Waals surface area contributed by atoms with Crippen molar-refractivity contribution in [1.29, 1.82) is 0 Å². The zero-order valence-electron chi connectivity index (χ0n) is 9.12. The van der Waals surface area contributed by atoms with Gasteiger partial charge in [0.05, 0.1) is 0 Å². The lowest BCUT2D eigenvalue weighted by atomic mass is 10.2. The summed E-state index contributed by atoms with van der Waals surface area (Å²) in [5, 5.41) is 5.17. The smallest absolute Gasteiger partial charge is 0.407 e. The van der Waals surface area contributed by atoms with Crippen molar-refractivity contribution in [3.05, 3.63) is 28.2 Å². The number of amides is 2. The van der Waals surface area contributed by atoms with Crippen LogP contribution in [0.5, 0.6) is 0 Å². The van der Waals surface area contributed by atoms with Crippen molar-refractivity contribution in [2.75, 3.05) is 11.9 Å². The highest BCUT2D eigenvalue weighted by atomic mass is 79.9. The molecule has 1 saturated heterocycles. The number of alkyl carbamates (subject to hydrolysis) is 1. The number of nitrogens with one attached hydrogen (secondary N) is 2. The lowest BCUT2D eigenvalue weighted by Gasteiger charge is -2.11. The van der Waals surface area contributed by atoms with Gasteiger partial charge in [0.1, 0.15) is 12.6 Å². The summed E-state index contributed by atoms with van der Waals surface area (Å²) in [4.78, 5) is 22.6. The number of ether oxygens (including phenoxy) is 1. The number of carbonyl (C=O) groups excluding carboxylic acids is 2. The number of aryl methyl sites for hydroxylation is 1. The van der Waals surface area contributed by atoms with E-state index in [0.717, 1.165) is 15.7 Å². The number of hydrogen-bond donors (Lipinski definition) is 2. The van der Waals surface area contributed by atoms with E-state index in [2.05, 4.69) is 31.3 Å². The normalized spacial score (nSPS) is 18.5. The molecule has 0 saturated carbocycles. The number of halogens is 1. The van der Waals surface area contributed by atoms with Crippen LogP contribution in [0.2, 0.25) is 0 Å². The lowest BCUT2D eigenvalue weighted by molar-refractivity contribution is -0.117. The molecule has 1 unspecified atom stereocenters. The Morgan fingerprint density at radius 1 is 1.59 bits per heavy atom. The fourth-order valence-electron chi connectivity index (χ4n) is 1.51. The molecule has 0 bridgehead atoms. The van der Waals surface area contributed by atoms with Crippen molar-refractivity contribution >= 4 is 33.6 Å². The molecule has 0 aliphatic carbocycles. The van der Waals surface area contributed by atoms with Gasteiger partial charge < -0.3 is 15.4 Å². The first-order valence-corrected chi connectivity index (χ1v) is 5.86. The van der Waals surface area contributed by atoms with Crippen molar-refractivity contribution in [2.24, 2.45) is 0 Å². The second-order valence-electron chi connectivity index (χ2n) is 3.74. The van der Waals surface area contributed by atoms with Crippen LogP contribution in [0.1, 0.15) is 5.56 Å². The SMILES string of the molecule is Cc1cc(Br)ccc1NC(=O)C1COC(=O)N1. The van der Waals surface area contributed by atoms with E-state index in [4.69, 9.17) is 0 Å². The molecule has 17 heavy (non-hydrogen) atoms. The number of benzene rings is 1. The molecular formula is C11H11BrN2O3. The molecule has 1 atom stereocenters. The first-order chi connectivity index (χ1) is 8.06. The van der Waals surface area contributed by atoms with Crippen molar-refractivity contribution in [2.45, 2.75) is 13.0 Å². The van der Waals surface area contributed by atoms with E-state index in [1.54, 1.807) is 6.07 Å². The quantitative estimate of drug-likeness (QED) is 0.875. The van der Waals surface area contributed by atoms with E-state index < -0.39 is 12.1 Å². The number of anilines is 1. The molecule has 1 fully saturated rings. The third kappa shape index (κ3) is 2.76. The Morgan fingerprint density at radius 2 is 2.35 bits per heavy atom. The highest BCUT2D eigenvalue weighted by molar-refractivity contribution is 9.10. The van der Waals surface area contributed by atoms with Crippen molar-refractivity contribution < 1.29 is 14.3 Å². The largest absolute Gasteiger partial charge is 0.447 e. The molecule has 1 aliphatic heterocycles. The summed E-state index contributed by atoms with van der Waals surface area (Å²) in [6, 6.07) is 4.92. The van der Waals surface area contributed by atoms with Gasteiger partial charge in [-0.05, 0) is 30.7 Å². The molecule has 6 heteroatoms. The Morgan fingerprint density at radius 3 is 2.94 bits per heavy atom. The van der Waals surface area contributed by atoms with Gasteiger partial charge in [0.2, 0.25) is 0 Å². The fourth-order valence-corrected chi connectivity index (χ4v) is 1.99. The zero-order valence-corrected chi connectivity index (χ0v) is 10.7. The fraction of sp³-hybridized carbons (Fsp3) is 0.273. The number of carbonyl (C=O) groups is 2. The van der Waals surface area contributed by atoms with E-state index in [9.17, 15) is 9.59 Å². The van der Waals surface area contributed by atoms with Crippen LogP contribution >= 0.6 is 15.9 Å². The monoisotopic (exact) mass is 298 g/mol. The first kappa shape index (κ1) is 11.9. The van der Waals surface area contributed by atoms with E-state index in [-0.39, 0.29) is 12.5 Å². The molecule has 1 aliphatic rings. The minimum absolute atomic E-state index is 0.0697. The van der Waals surface area contributed by atoms with E-state index in [0.29, 0.717) is 0 Å². The maximum Gasteiger partial charge on any atom is 0.407 e. The highest BCUT2D eigenvalue weighted by Crippen LogP contribution is 2.20. The molecule has 1 aromatic carbocycles. The van der Waals surface area contributed by atoms with Gasteiger partial charge in [0.25, 0.3) is 5.91 Å². The van der Waals surface area contributed by atoms with E-state index in [1.165, 1.54) is 0 Å². The summed E-state index contributed by atoms with van der Waals surface area (Å²) in [7, 11) is 0. The molecule has 0 radical (unpaired) electrons. The van der Waals surface area contributed by atoms with Gasteiger partial charge in [-0.25, -0.2) is 4.79 Å². The molecule has 0 spiro atoms. The summed E-state index contributed by atoms with van der Waals surface area (Å²) < 4.78 is 5.60. The first-order valence-electron chi connectivity index (χ1n) is 5.06. The van der Waals surface area contributed by atoms with Crippen molar-refractivity contribution in [1.82, 2.24) is 5.32 Å². The molecule has 2 rings (SSSR count). The Hall–Kier alpha value is -1.56. The molecule has 0 aromatic heterocycles. The Balaban J connectivity index is 2.05. The molecular weight excluding hydrogens is 288 g/mol. The molecule has 1 aromatic rings. The van der Waals surface area contributed by atoms with Gasteiger partial charge in [-0.2, -0.15) is 0 Å². The Kier molecular flexibility index (Phi) is 3.33. The van der Waals surface area contributed by atoms with Crippen LogP contribution in [0.4, 0.5) is 10.5 Å². The number of rotatable bonds is 2. The molecule has 2 N–H and O–H groups in total. The van der Waals surface area contributed by atoms with E-state index in [1.807, 2.05) is 19.1 Å². The maximum absolute atomic E-state index is 11.8. The minimum atomic E-state index is -0.620. The second kappa shape index (κ2) is 4.75. The molecule has 5 nitrogen and oxygen atoms in total. The van der Waals surface area contributed by atoms with Crippen LogP contribution < -0.4 is 10.6 Å². The van der Waals surface area contributed by atoms with Crippen molar-refractivity contribution in [3.8, 4) is 0 Å². The van der Waals surface area contributed by atoms with Gasteiger partial charge in [0, 0.05) is 10.2 Å². The van der Waals surface area contributed by atoms with Crippen LogP contribution in [0.25, 0.3) is 0 Å². The standard InChI is InChI=1S/C11H11BrN2O3/c1-6-4-7(12)2-3-8(6)13-10(15)9-5-17-11(16)14-9/h2-4,9H,5H2,1H3,(H,13,15)(H,14,16). The topological polar surface area (TPSA) is 67.4 Å². The predicted octanol–water partition coefficient (Wildman–Crippen LogP) is 1.80. The highest BCUT2D eigenvalue weighted by Gasteiger charge is 2.28. The summed E-state index contributed by atoms with van der Waals surface area (Å²) >= 11 is 3.35. The predicted molar refractivity (Wildman–Crippen MR) is 65.8 cm³/mol. The Labute approximate surface area is 107 Å². The van der Waals surface area contributed by atoms with Gasteiger partial charge in [-0.3, -0.25) is 4.79 Å².